The van der Waals surface area contributed by atoms with Crippen molar-refractivity contribution in [3.05, 3.63) is 24.3 Å². The maximum absolute atomic E-state index is 12.6. The average Bonchev–Trinajstić information content (AvgIpc) is 2.48. The summed E-state index contributed by atoms with van der Waals surface area (Å²) in [7, 11) is 2.06. The molecular weight excluding hydrogens is 242 g/mol. The first-order valence-electron chi connectivity index (χ1n) is 6.72. The molecule has 0 spiro atoms. The van der Waals surface area contributed by atoms with E-state index in [-0.39, 0.29) is 6.03 Å². The molecule has 1 aromatic rings. The fourth-order valence-corrected chi connectivity index (χ4v) is 2.63. The van der Waals surface area contributed by atoms with Crippen molar-refractivity contribution in [2.75, 3.05) is 56.2 Å². The van der Waals surface area contributed by atoms with Crippen molar-refractivity contribution < 1.29 is 9.53 Å². The average molecular weight is 261 g/mol. The summed E-state index contributed by atoms with van der Waals surface area (Å²) in [5.41, 5.74) is 2.13. The van der Waals surface area contributed by atoms with Crippen LogP contribution in [0.1, 0.15) is 0 Å². The van der Waals surface area contributed by atoms with Crippen molar-refractivity contribution in [1.29, 1.82) is 0 Å². The number of nitrogens with zero attached hydrogens (tertiary/aromatic N) is 3. The molecule has 2 aliphatic rings. The van der Waals surface area contributed by atoms with Gasteiger partial charge in [-0.15, -0.1) is 0 Å². The number of hydrogen-bond acceptors (Lipinski definition) is 3. The van der Waals surface area contributed by atoms with Crippen LogP contribution in [0.25, 0.3) is 0 Å². The summed E-state index contributed by atoms with van der Waals surface area (Å²) >= 11 is 0. The molecule has 2 heterocycles. The minimum atomic E-state index is 0.101. The minimum Gasteiger partial charge on any atom is -0.378 e. The molecule has 5 nitrogen and oxygen atoms in total. The number of morpholine rings is 1. The van der Waals surface area contributed by atoms with Crippen LogP contribution in [-0.2, 0) is 4.74 Å². The second kappa shape index (κ2) is 5.09. The van der Waals surface area contributed by atoms with Crippen LogP contribution in [0, 0.1) is 0 Å². The largest absolute Gasteiger partial charge is 0.378 e. The molecule has 0 radical (unpaired) electrons. The Hall–Kier alpha value is -1.75. The number of fused-ring (bicyclic) bond motifs is 1. The van der Waals surface area contributed by atoms with Gasteiger partial charge >= 0.3 is 6.03 Å². The highest BCUT2D eigenvalue weighted by Gasteiger charge is 2.28. The third-order valence-electron chi connectivity index (χ3n) is 3.76. The molecule has 1 saturated heterocycles. The zero-order valence-electron chi connectivity index (χ0n) is 11.2. The van der Waals surface area contributed by atoms with Gasteiger partial charge in [0, 0.05) is 33.2 Å². The molecule has 0 bridgehead atoms. The molecule has 102 valence electrons. The zero-order chi connectivity index (χ0) is 13.2. The van der Waals surface area contributed by atoms with E-state index >= 15 is 0 Å². The van der Waals surface area contributed by atoms with Gasteiger partial charge in [0.1, 0.15) is 0 Å². The lowest BCUT2D eigenvalue weighted by molar-refractivity contribution is 0.0548. The number of rotatable bonds is 0. The smallest absolute Gasteiger partial charge is 0.324 e. The number of benzene rings is 1. The molecule has 1 aromatic carbocycles. The van der Waals surface area contributed by atoms with E-state index in [1.54, 1.807) is 0 Å². The summed E-state index contributed by atoms with van der Waals surface area (Å²) < 4.78 is 5.30. The molecule has 1 fully saturated rings. The maximum atomic E-state index is 12.6. The molecule has 5 heteroatoms. The number of carbonyl (C=O) groups excluding carboxylic acids is 1. The van der Waals surface area contributed by atoms with Gasteiger partial charge in [-0.25, -0.2) is 4.79 Å². The van der Waals surface area contributed by atoms with Crippen LogP contribution in [0.4, 0.5) is 16.2 Å². The lowest BCUT2D eigenvalue weighted by Gasteiger charge is -2.39. The van der Waals surface area contributed by atoms with Gasteiger partial charge in [0.2, 0.25) is 0 Å². The number of urea groups is 1. The van der Waals surface area contributed by atoms with E-state index in [1.807, 2.05) is 28.0 Å². The highest BCUT2D eigenvalue weighted by Crippen LogP contribution is 2.32. The van der Waals surface area contributed by atoms with Crippen LogP contribution in [0.3, 0.4) is 0 Å². The normalized spacial score (nSPS) is 19.3. The van der Waals surface area contributed by atoms with Gasteiger partial charge in [-0.1, -0.05) is 12.1 Å². The quantitative estimate of drug-likeness (QED) is 0.708. The first-order valence-corrected chi connectivity index (χ1v) is 6.72. The highest BCUT2D eigenvalue weighted by atomic mass is 16.5. The molecule has 0 saturated carbocycles. The molecular formula is C14H19N3O2. The standard InChI is InChI=1S/C14H19N3O2/c1-15-6-7-17(13-5-3-2-4-12(13)15)14(18)16-8-10-19-11-9-16/h2-5H,6-11H2,1H3. The van der Waals surface area contributed by atoms with E-state index in [1.165, 1.54) is 0 Å². The van der Waals surface area contributed by atoms with E-state index in [0.717, 1.165) is 24.5 Å². The van der Waals surface area contributed by atoms with Crippen molar-refractivity contribution in [3.63, 3.8) is 0 Å². The van der Waals surface area contributed by atoms with Gasteiger partial charge in [-0.05, 0) is 12.1 Å². The summed E-state index contributed by atoms with van der Waals surface area (Å²) in [4.78, 5) is 18.6. The van der Waals surface area contributed by atoms with E-state index in [9.17, 15) is 4.79 Å². The van der Waals surface area contributed by atoms with Crippen LogP contribution in [0.2, 0.25) is 0 Å². The van der Waals surface area contributed by atoms with Crippen molar-refractivity contribution in [2.45, 2.75) is 0 Å². The molecule has 3 rings (SSSR count). The second-order valence-corrected chi connectivity index (χ2v) is 4.94. The molecule has 0 aromatic heterocycles. The molecule has 0 atom stereocenters. The Morgan fingerprint density at radius 3 is 2.47 bits per heavy atom. The van der Waals surface area contributed by atoms with Crippen molar-refractivity contribution in [1.82, 2.24) is 4.90 Å². The van der Waals surface area contributed by atoms with E-state index < -0.39 is 0 Å². The van der Waals surface area contributed by atoms with Crippen LogP contribution in [-0.4, -0.2) is 57.4 Å². The van der Waals surface area contributed by atoms with Gasteiger partial charge in [-0.3, -0.25) is 4.90 Å². The Morgan fingerprint density at radius 1 is 1.05 bits per heavy atom. The maximum Gasteiger partial charge on any atom is 0.324 e. The Balaban J connectivity index is 1.85. The predicted molar refractivity (Wildman–Crippen MR) is 74.8 cm³/mol. The number of carbonyl (C=O) groups is 1. The molecule has 0 unspecified atom stereocenters. The zero-order valence-corrected chi connectivity index (χ0v) is 11.2. The minimum absolute atomic E-state index is 0.101. The molecule has 2 amide bonds. The number of ether oxygens (including phenoxy) is 1. The Labute approximate surface area is 113 Å². The van der Waals surface area contributed by atoms with E-state index in [4.69, 9.17) is 4.74 Å². The monoisotopic (exact) mass is 261 g/mol. The summed E-state index contributed by atoms with van der Waals surface area (Å²) in [6, 6.07) is 8.18. The number of amides is 2. The van der Waals surface area contributed by atoms with Crippen LogP contribution in [0.15, 0.2) is 24.3 Å². The van der Waals surface area contributed by atoms with E-state index in [0.29, 0.717) is 26.3 Å². The van der Waals surface area contributed by atoms with Gasteiger partial charge in [-0.2, -0.15) is 0 Å². The fourth-order valence-electron chi connectivity index (χ4n) is 2.63. The van der Waals surface area contributed by atoms with Crippen LogP contribution in [0.5, 0.6) is 0 Å². The van der Waals surface area contributed by atoms with Crippen molar-refractivity contribution in [2.24, 2.45) is 0 Å². The third kappa shape index (κ3) is 2.26. The second-order valence-electron chi connectivity index (χ2n) is 4.94. The topological polar surface area (TPSA) is 36.0 Å². The number of para-hydroxylation sites is 2. The number of likely N-dealkylation sites (N-methyl/N-ethyl adjacent to an activating group) is 1. The Bertz CT molecular complexity index is 472. The first kappa shape index (κ1) is 12.3. The third-order valence-corrected chi connectivity index (χ3v) is 3.76. The highest BCUT2D eigenvalue weighted by molar-refractivity contribution is 5.96. The predicted octanol–water partition coefficient (Wildman–Crippen LogP) is 1.39. The number of anilines is 2. The van der Waals surface area contributed by atoms with Gasteiger partial charge in [0.25, 0.3) is 0 Å². The molecule has 0 aliphatic carbocycles. The molecule has 2 aliphatic heterocycles. The summed E-state index contributed by atoms with van der Waals surface area (Å²) in [6.45, 7) is 4.26. The number of hydrogen-bond donors (Lipinski definition) is 0. The van der Waals surface area contributed by atoms with Crippen molar-refractivity contribution in [3.8, 4) is 0 Å². The lowest BCUT2D eigenvalue weighted by atomic mass is 10.2. The summed E-state index contributed by atoms with van der Waals surface area (Å²) in [5, 5.41) is 0. The van der Waals surface area contributed by atoms with Crippen LogP contribution < -0.4 is 9.80 Å². The van der Waals surface area contributed by atoms with Gasteiger partial charge in [0.15, 0.2) is 0 Å². The Kier molecular flexibility index (Phi) is 3.29. The van der Waals surface area contributed by atoms with Crippen molar-refractivity contribution >= 4 is 17.4 Å². The first-order chi connectivity index (χ1) is 9.27. The Morgan fingerprint density at radius 2 is 1.74 bits per heavy atom. The molecule has 0 N–H and O–H groups in total. The fraction of sp³-hybridized carbons (Fsp3) is 0.500. The van der Waals surface area contributed by atoms with Gasteiger partial charge < -0.3 is 14.5 Å². The van der Waals surface area contributed by atoms with E-state index in [2.05, 4.69) is 18.0 Å². The molecule has 19 heavy (non-hydrogen) atoms. The van der Waals surface area contributed by atoms with Crippen LogP contribution >= 0.6 is 0 Å². The SMILES string of the molecule is CN1CCN(C(=O)N2CCOCC2)c2ccccc21. The summed E-state index contributed by atoms with van der Waals surface area (Å²) in [5.74, 6) is 0. The van der Waals surface area contributed by atoms with Gasteiger partial charge in [0.05, 0.1) is 24.6 Å². The lowest BCUT2D eigenvalue weighted by Crippen LogP contribution is -2.52. The summed E-state index contributed by atoms with van der Waals surface area (Å²) in [6.07, 6.45) is 0.